The number of benzene rings is 1. The van der Waals surface area contributed by atoms with Crippen molar-refractivity contribution in [3.8, 4) is 0 Å². The van der Waals surface area contributed by atoms with Crippen LogP contribution in [0.25, 0.3) is 0 Å². The van der Waals surface area contributed by atoms with Gasteiger partial charge in [0.2, 0.25) is 0 Å². The van der Waals surface area contributed by atoms with Gasteiger partial charge in [-0.25, -0.2) is 0 Å². The number of hydrogen-bond donors (Lipinski definition) is 0. The lowest BCUT2D eigenvalue weighted by Gasteiger charge is -2.05. The van der Waals surface area contributed by atoms with Crippen LogP contribution in [0, 0.1) is 10.1 Å². The minimum absolute atomic E-state index is 0.00548. The van der Waals surface area contributed by atoms with Gasteiger partial charge in [0.05, 0.1) is 11.1 Å². The highest BCUT2D eigenvalue weighted by atomic mass is 16.6. The van der Waals surface area contributed by atoms with E-state index in [1.165, 1.54) is 16.8 Å². The maximum Gasteiger partial charge on any atom is 0.285 e. The third kappa shape index (κ3) is 3.85. The Morgan fingerprint density at radius 2 is 1.86 bits per heavy atom. The SMILES string of the molecule is O=C(CCCn1cc([N+](=O)[O-])ccc1=O)c1ccccc1. The molecule has 0 aliphatic heterocycles. The van der Waals surface area contributed by atoms with Crippen molar-refractivity contribution in [2.75, 3.05) is 0 Å². The van der Waals surface area contributed by atoms with Crippen LogP contribution in [0.3, 0.4) is 0 Å². The van der Waals surface area contributed by atoms with Gasteiger partial charge in [-0.3, -0.25) is 19.7 Å². The summed E-state index contributed by atoms with van der Waals surface area (Å²) in [5, 5.41) is 10.7. The number of carbonyl (C=O) groups is 1. The zero-order valence-corrected chi connectivity index (χ0v) is 11.3. The van der Waals surface area contributed by atoms with Crippen molar-refractivity contribution in [2.45, 2.75) is 19.4 Å². The number of carbonyl (C=O) groups excluding carboxylic acids is 1. The Labute approximate surface area is 120 Å². The monoisotopic (exact) mass is 286 g/mol. The second-order valence-corrected chi connectivity index (χ2v) is 4.57. The Bertz CT molecular complexity index is 707. The lowest BCUT2D eigenvalue weighted by Crippen LogP contribution is -2.19. The highest BCUT2D eigenvalue weighted by Crippen LogP contribution is 2.09. The molecule has 1 heterocycles. The average Bonchev–Trinajstić information content (AvgIpc) is 2.49. The first-order valence-corrected chi connectivity index (χ1v) is 6.51. The van der Waals surface area contributed by atoms with E-state index >= 15 is 0 Å². The average molecular weight is 286 g/mol. The molecule has 0 aliphatic carbocycles. The van der Waals surface area contributed by atoms with Crippen LogP contribution >= 0.6 is 0 Å². The zero-order valence-electron chi connectivity index (χ0n) is 11.3. The highest BCUT2D eigenvalue weighted by molar-refractivity contribution is 5.95. The molecular formula is C15H14N2O4. The molecule has 21 heavy (non-hydrogen) atoms. The predicted molar refractivity (Wildman–Crippen MR) is 77.4 cm³/mol. The molecular weight excluding hydrogens is 272 g/mol. The summed E-state index contributed by atoms with van der Waals surface area (Å²) in [5.41, 5.74) is 0.181. The van der Waals surface area contributed by atoms with Crippen molar-refractivity contribution >= 4 is 11.5 Å². The smallest absolute Gasteiger partial charge is 0.285 e. The van der Waals surface area contributed by atoms with E-state index in [9.17, 15) is 19.7 Å². The van der Waals surface area contributed by atoms with Crippen molar-refractivity contribution in [3.63, 3.8) is 0 Å². The fourth-order valence-electron chi connectivity index (χ4n) is 1.98. The molecule has 0 aliphatic rings. The van der Waals surface area contributed by atoms with E-state index in [0.29, 0.717) is 18.4 Å². The van der Waals surface area contributed by atoms with E-state index in [1.807, 2.05) is 6.07 Å². The Balaban J connectivity index is 1.98. The van der Waals surface area contributed by atoms with E-state index in [1.54, 1.807) is 24.3 Å². The van der Waals surface area contributed by atoms with Gasteiger partial charge < -0.3 is 4.57 Å². The summed E-state index contributed by atoms with van der Waals surface area (Å²) in [6.45, 7) is 0.277. The van der Waals surface area contributed by atoms with Gasteiger partial charge in [-0.2, -0.15) is 0 Å². The van der Waals surface area contributed by atoms with Crippen LogP contribution in [0.15, 0.2) is 53.5 Å². The number of Topliss-reactive ketones (excluding diaryl/α,β-unsaturated/α-hetero) is 1. The standard InChI is InChI=1S/C15H14N2O4/c18-14(12-5-2-1-3-6-12)7-4-10-16-11-13(17(20)21)8-9-15(16)19/h1-3,5-6,8-9,11H,4,7,10H2. The Hall–Kier alpha value is -2.76. The van der Waals surface area contributed by atoms with Gasteiger partial charge in [-0.1, -0.05) is 30.3 Å². The molecule has 0 radical (unpaired) electrons. The lowest BCUT2D eigenvalue weighted by atomic mass is 10.1. The van der Waals surface area contributed by atoms with Crippen molar-refractivity contribution in [1.29, 1.82) is 0 Å². The van der Waals surface area contributed by atoms with Gasteiger partial charge in [0.15, 0.2) is 5.78 Å². The molecule has 6 heteroatoms. The third-order valence-corrected chi connectivity index (χ3v) is 3.08. The topological polar surface area (TPSA) is 82.2 Å². The zero-order chi connectivity index (χ0) is 15.2. The van der Waals surface area contributed by atoms with E-state index in [-0.39, 0.29) is 23.6 Å². The van der Waals surface area contributed by atoms with Gasteiger partial charge in [-0.15, -0.1) is 0 Å². The van der Waals surface area contributed by atoms with Crippen LogP contribution in [0.4, 0.5) is 5.69 Å². The van der Waals surface area contributed by atoms with Gasteiger partial charge in [0.25, 0.3) is 11.2 Å². The summed E-state index contributed by atoms with van der Waals surface area (Å²) in [6.07, 6.45) is 1.95. The maximum atomic E-state index is 11.9. The maximum absolute atomic E-state index is 11.9. The molecule has 6 nitrogen and oxygen atoms in total. The highest BCUT2D eigenvalue weighted by Gasteiger charge is 2.09. The van der Waals surface area contributed by atoms with E-state index < -0.39 is 4.92 Å². The first-order valence-electron chi connectivity index (χ1n) is 6.51. The van der Waals surface area contributed by atoms with Crippen LogP contribution in [0.1, 0.15) is 23.2 Å². The van der Waals surface area contributed by atoms with Crippen molar-refractivity contribution < 1.29 is 9.72 Å². The first-order chi connectivity index (χ1) is 10.1. The summed E-state index contributed by atoms with van der Waals surface area (Å²) in [7, 11) is 0. The molecule has 0 N–H and O–H groups in total. The van der Waals surface area contributed by atoms with Gasteiger partial charge in [0.1, 0.15) is 0 Å². The Morgan fingerprint density at radius 1 is 1.14 bits per heavy atom. The second kappa shape index (κ2) is 6.60. The van der Waals surface area contributed by atoms with Crippen LogP contribution in [0.5, 0.6) is 0 Å². The fourth-order valence-corrected chi connectivity index (χ4v) is 1.98. The molecule has 0 unspecified atom stereocenters. The predicted octanol–water partition coefficient (Wildman–Crippen LogP) is 2.42. The first kappa shape index (κ1) is 14.6. The number of hydrogen-bond acceptors (Lipinski definition) is 4. The largest absolute Gasteiger partial charge is 0.309 e. The number of aromatic nitrogens is 1. The summed E-state index contributed by atoms with van der Waals surface area (Å²) >= 11 is 0. The van der Waals surface area contributed by atoms with Gasteiger partial charge in [-0.05, 0) is 6.42 Å². The van der Waals surface area contributed by atoms with Crippen LogP contribution in [-0.4, -0.2) is 15.3 Å². The van der Waals surface area contributed by atoms with Crippen LogP contribution in [0.2, 0.25) is 0 Å². The van der Waals surface area contributed by atoms with Crippen molar-refractivity contribution in [1.82, 2.24) is 4.57 Å². The molecule has 0 spiro atoms. The molecule has 0 atom stereocenters. The summed E-state index contributed by atoms with van der Waals surface area (Å²) < 4.78 is 1.26. The number of aryl methyl sites for hydroxylation is 1. The minimum atomic E-state index is -0.551. The number of rotatable bonds is 6. The van der Waals surface area contributed by atoms with E-state index in [2.05, 4.69) is 0 Å². The quantitative estimate of drug-likeness (QED) is 0.464. The van der Waals surface area contributed by atoms with Crippen molar-refractivity contribution in [2.24, 2.45) is 0 Å². The third-order valence-electron chi connectivity index (χ3n) is 3.08. The summed E-state index contributed by atoms with van der Waals surface area (Å²) in [6, 6.07) is 11.2. The van der Waals surface area contributed by atoms with Gasteiger partial charge >= 0.3 is 0 Å². The minimum Gasteiger partial charge on any atom is -0.309 e. The number of nitro groups is 1. The van der Waals surface area contributed by atoms with E-state index in [4.69, 9.17) is 0 Å². The molecule has 2 aromatic rings. The lowest BCUT2D eigenvalue weighted by molar-refractivity contribution is -0.385. The van der Waals surface area contributed by atoms with E-state index in [0.717, 1.165) is 6.07 Å². The molecule has 2 rings (SSSR count). The second-order valence-electron chi connectivity index (χ2n) is 4.57. The Kier molecular flexibility index (Phi) is 4.61. The summed E-state index contributed by atoms with van der Waals surface area (Å²) in [5.74, 6) is -0.00548. The molecule has 1 aromatic heterocycles. The van der Waals surface area contributed by atoms with Gasteiger partial charge in [0, 0.05) is 30.7 Å². The molecule has 0 bridgehead atoms. The molecule has 0 fully saturated rings. The molecule has 0 amide bonds. The number of nitrogens with zero attached hydrogens (tertiary/aromatic N) is 2. The van der Waals surface area contributed by atoms with Crippen LogP contribution in [-0.2, 0) is 6.54 Å². The molecule has 0 saturated carbocycles. The molecule has 1 aromatic carbocycles. The van der Waals surface area contributed by atoms with Crippen molar-refractivity contribution in [3.05, 3.63) is 74.7 Å². The summed E-state index contributed by atoms with van der Waals surface area (Å²) in [4.78, 5) is 33.6. The number of pyridine rings is 1. The van der Waals surface area contributed by atoms with Crippen LogP contribution < -0.4 is 5.56 Å². The normalized spacial score (nSPS) is 10.3. The molecule has 108 valence electrons. The molecule has 0 saturated heterocycles. The Morgan fingerprint density at radius 3 is 2.52 bits per heavy atom. The number of ketones is 1. The fraction of sp³-hybridized carbons (Fsp3) is 0.200.